The summed E-state index contributed by atoms with van der Waals surface area (Å²) in [6.45, 7) is 16.6. The lowest BCUT2D eigenvalue weighted by atomic mass is 9.79. The third kappa shape index (κ3) is 3.46. The van der Waals surface area contributed by atoms with Crippen molar-refractivity contribution in [3.8, 4) is 0 Å². The maximum Gasteiger partial charge on any atom is 0.0594 e. The van der Waals surface area contributed by atoms with Gasteiger partial charge in [0.05, 0.1) is 13.2 Å². The Labute approximate surface area is 113 Å². The molecule has 1 aliphatic rings. The van der Waals surface area contributed by atoms with Crippen LogP contribution in [0.4, 0.5) is 0 Å². The molecule has 1 aliphatic heterocycles. The fraction of sp³-hybridized carbons (Fsp3) is 1.00. The lowest BCUT2D eigenvalue weighted by Gasteiger charge is -2.50. The number of morpholine rings is 1. The first-order valence-corrected chi connectivity index (χ1v) is 7.66. The number of rotatable bonds is 7. The zero-order valence-corrected chi connectivity index (χ0v) is 13.0. The number of nitrogens with zero attached hydrogens (tertiary/aromatic N) is 1. The zero-order chi connectivity index (χ0) is 13.6. The summed E-state index contributed by atoms with van der Waals surface area (Å²) in [6.07, 6.45) is 2.42. The van der Waals surface area contributed by atoms with Crippen molar-refractivity contribution in [1.29, 1.82) is 0 Å². The molecule has 0 spiro atoms. The summed E-state index contributed by atoms with van der Waals surface area (Å²) in [5.41, 5.74) is 0.245. The highest BCUT2D eigenvalue weighted by Gasteiger charge is 2.40. The van der Waals surface area contributed by atoms with Gasteiger partial charge in [-0.15, -0.1) is 0 Å². The number of hydrogen-bond acceptors (Lipinski definition) is 3. The van der Waals surface area contributed by atoms with Gasteiger partial charge in [-0.2, -0.15) is 0 Å². The van der Waals surface area contributed by atoms with Crippen molar-refractivity contribution in [2.45, 2.75) is 59.0 Å². The highest BCUT2D eigenvalue weighted by Crippen LogP contribution is 2.30. The van der Waals surface area contributed by atoms with Crippen LogP contribution >= 0.6 is 0 Å². The van der Waals surface area contributed by atoms with Crippen LogP contribution in [0.15, 0.2) is 0 Å². The van der Waals surface area contributed by atoms with Crippen LogP contribution < -0.4 is 5.32 Å². The molecule has 1 saturated heterocycles. The molecule has 0 radical (unpaired) electrons. The Morgan fingerprint density at radius 2 is 1.83 bits per heavy atom. The molecule has 18 heavy (non-hydrogen) atoms. The molecule has 3 nitrogen and oxygen atoms in total. The van der Waals surface area contributed by atoms with Crippen LogP contribution in [0.5, 0.6) is 0 Å². The van der Waals surface area contributed by atoms with Crippen molar-refractivity contribution in [1.82, 2.24) is 10.2 Å². The Morgan fingerprint density at radius 1 is 1.22 bits per heavy atom. The standard InChI is InChI=1S/C15H32N2O/c1-6-13(4)14(16-8-3)15(5,7-2)17-9-11-18-12-10-17/h13-14,16H,6-12H2,1-5H3. The summed E-state index contributed by atoms with van der Waals surface area (Å²) in [5, 5.41) is 3.74. The van der Waals surface area contributed by atoms with E-state index in [4.69, 9.17) is 4.74 Å². The summed E-state index contributed by atoms with van der Waals surface area (Å²) in [4.78, 5) is 2.63. The third-order valence-electron chi connectivity index (χ3n) is 4.76. The second-order valence-electron chi connectivity index (χ2n) is 5.73. The van der Waals surface area contributed by atoms with E-state index >= 15 is 0 Å². The lowest BCUT2D eigenvalue weighted by molar-refractivity contribution is -0.0399. The maximum atomic E-state index is 5.50. The van der Waals surface area contributed by atoms with E-state index in [1.165, 1.54) is 12.8 Å². The van der Waals surface area contributed by atoms with Crippen LogP contribution in [-0.4, -0.2) is 49.3 Å². The smallest absolute Gasteiger partial charge is 0.0594 e. The number of nitrogens with one attached hydrogen (secondary N) is 1. The van der Waals surface area contributed by atoms with Gasteiger partial charge in [-0.3, -0.25) is 4.90 Å². The normalized spacial score (nSPS) is 24.5. The topological polar surface area (TPSA) is 24.5 Å². The second-order valence-corrected chi connectivity index (χ2v) is 5.73. The number of ether oxygens (including phenoxy) is 1. The molecule has 1 heterocycles. The lowest BCUT2D eigenvalue weighted by Crippen LogP contribution is -2.63. The minimum absolute atomic E-state index is 0.245. The predicted octanol–water partition coefficient (Wildman–Crippen LogP) is 2.51. The predicted molar refractivity (Wildman–Crippen MR) is 78.0 cm³/mol. The molecule has 0 aromatic carbocycles. The molecule has 0 aromatic heterocycles. The first-order chi connectivity index (χ1) is 8.60. The SMILES string of the molecule is CCNC(C(C)CC)C(C)(CC)N1CCOCC1. The molecule has 0 saturated carbocycles. The highest BCUT2D eigenvalue weighted by molar-refractivity contribution is 4.98. The van der Waals surface area contributed by atoms with Gasteiger partial charge in [-0.25, -0.2) is 0 Å². The van der Waals surface area contributed by atoms with E-state index in [1.54, 1.807) is 0 Å². The fourth-order valence-corrected chi connectivity index (χ4v) is 3.20. The average molecular weight is 256 g/mol. The van der Waals surface area contributed by atoms with Crippen molar-refractivity contribution in [3.63, 3.8) is 0 Å². The number of likely N-dealkylation sites (N-methyl/N-ethyl adjacent to an activating group) is 1. The van der Waals surface area contributed by atoms with E-state index in [9.17, 15) is 0 Å². The van der Waals surface area contributed by atoms with E-state index in [1.807, 2.05) is 0 Å². The van der Waals surface area contributed by atoms with Gasteiger partial charge in [0.1, 0.15) is 0 Å². The van der Waals surface area contributed by atoms with Crippen LogP contribution in [0.3, 0.4) is 0 Å². The minimum atomic E-state index is 0.245. The molecule has 0 aromatic rings. The Bertz CT molecular complexity index is 229. The van der Waals surface area contributed by atoms with Crippen LogP contribution in [0.2, 0.25) is 0 Å². The summed E-state index contributed by atoms with van der Waals surface area (Å²) >= 11 is 0. The molecule has 0 amide bonds. The van der Waals surface area contributed by atoms with Gasteiger partial charge in [0.25, 0.3) is 0 Å². The molecule has 3 heteroatoms. The van der Waals surface area contributed by atoms with Crippen molar-refractivity contribution >= 4 is 0 Å². The van der Waals surface area contributed by atoms with Gasteiger partial charge in [0, 0.05) is 24.7 Å². The molecule has 3 atom stereocenters. The van der Waals surface area contributed by atoms with Gasteiger partial charge in [0.2, 0.25) is 0 Å². The van der Waals surface area contributed by atoms with Crippen molar-refractivity contribution in [3.05, 3.63) is 0 Å². The zero-order valence-electron chi connectivity index (χ0n) is 13.0. The van der Waals surface area contributed by atoms with E-state index in [-0.39, 0.29) is 5.54 Å². The summed E-state index contributed by atoms with van der Waals surface area (Å²) in [7, 11) is 0. The molecule has 1 fully saturated rings. The Hall–Kier alpha value is -0.120. The van der Waals surface area contributed by atoms with E-state index in [0.29, 0.717) is 12.0 Å². The molecule has 3 unspecified atom stereocenters. The van der Waals surface area contributed by atoms with Crippen molar-refractivity contribution in [2.75, 3.05) is 32.8 Å². The van der Waals surface area contributed by atoms with Crippen LogP contribution in [0, 0.1) is 5.92 Å². The minimum Gasteiger partial charge on any atom is -0.379 e. The third-order valence-corrected chi connectivity index (χ3v) is 4.76. The van der Waals surface area contributed by atoms with E-state index in [2.05, 4.69) is 44.8 Å². The molecule has 108 valence electrons. The van der Waals surface area contributed by atoms with E-state index < -0.39 is 0 Å². The van der Waals surface area contributed by atoms with Crippen molar-refractivity contribution in [2.24, 2.45) is 5.92 Å². The molecule has 1 N–H and O–H groups in total. The highest BCUT2D eigenvalue weighted by atomic mass is 16.5. The summed E-state index contributed by atoms with van der Waals surface area (Å²) < 4.78 is 5.50. The molecule has 1 rings (SSSR count). The van der Waals surface area contributed by atoms with Crippen LogP contribution in [0.25, 0.3) is 0 Å². The molecular formula is C15H32N2O. The first kappa shape index (κ1) is 15.9. The molecule has 0 aliphatic carbocycles. The average Bonchev–Trinajstić information content (AvgIpc) is 2.44. The summed E-state index contributed by atoms with van der Waals surface area (Å²) in [6, 6.07) is 0.565. The van der Waals surface area contributed by atoms with Gasteiger partial charge in [-0.05, 0) is 25.8 Å². The monoisotopic (exact) mass is 256 g/mol. The first-order valence-electron chi connectivity index (χ1n) is 7.66. The Morgan fingerprint density at radius 3 is 2.28 bits per heavy atom. The largest absolute Gasteiger partial charge is 0.379 e. The van der Waals surface area contributed by atoms with Gasteiger partial charge in [0.15, 0.2) is 0 Å². The Kier molecular flexibility index (Phi) is 6.61. The van der Waals surface area contributed by atoms with Crippen LogP contribution in [0.1, 0.15) is 47.5 Å². The Balaban J connectivity index is 2.85. The van der Waals surface area contributed by atoms with E-state index in [0.717, 1.165) is 32.8 Å². The number of hydrogen-bond donors (Lipinski definition) is 1. The molecular weight excluding hydrogens is 224 g/mol. The van der Waals surface area contributed by atoms with Gasteiger partial charge < -0.3 is 10.1 Å². The van der Waals surface area contributed by atoms with Gasteiger partial charge >= 0.3 is 0 Å². The molecule has 0 bridgehead atoms. The van der Waals surface area contributed by atoms with Gasteiger partial charge in [-0.1, -0.05) is 34.1 Å². The fourth-order valence-electron chi connectivity index (χ4n) is 3.20. The second kappa shape index (κ2) is 7.46. The summed E-state index contributed by atoms with van der Waals surface area (Å²) in [5.74, 6) is 0.706. The van der Waals surface area contributed by atoms with Crippen LogP contribution in [-0.2, 0) is 4.74 Å². The van der Waals surface area contributed by atoms with Crippen molar-refractivity contribution < 1.29 is 4.74 Å². The maximum absolute atomic E-state index is 5.50. The quantitative estimate of drug-likeness (QED) is 0.757.